The molecule has 3 saturated heterocycles. The molecule has 0 radical (unpaired) electrons. The summed E-state index contributed by atoms with van der Waals surface area (Å²) in [5.41, 5.74) is 5.21. The van der Waals surface area contributed by atoms with Crippen molar-refractivity contribution in [2.75, 3.05) is 18.9 Å². The normalized spacial score (nSPS) is 29.3. The molecule has 0 aliphatic carbocycles. The first-order chi connectivity index (χ1) is 31.1. The summed E-state index contributed by atoms with van der Waals surface area (Å²) < 4.78 is 104. The molecular weight excluding hydrogens is 922 g/mol. The SMILES string of the molecule is Nc1ncnc2c1ncn2[C@@H]1O[C@@H]2COP(=O)(O)O[C@@H]3[C@H](F)[C@@H](CO[P@@](=O)(SCc4ccc(OC(=O)c5ccc(O)cc5)cc4)O[C@@H]1[C@@H]2F)O[C@H]3n1cc(-c2ccccc2)c(=O)[nH]c1=O. The molecular formula is C39H35F2N7O14P2S. The molecule has 0 spiro atoms. The third-order valence-electron chi connectivity index (χ3n) is 10.4. The molecule has 6 aromatic rings. The van der Waals surface area contributed by atoms with E-state index in [0.29, 0.717) is 22.5 Å². The Hall–Kier alpha value is -5.65. The number of nitrogen functional groups attached to an aromatic ring is 1. The second kappa shape index (κ2) is 18.0. The third kappa shape index (κ3) is 9.27. The first-order valence-electron chi connectivity index (χ1n) is 19.4. The number of nitrogens with two attached hydrogens (primary N) is 1. The molecule has 6 heterocycles. The van der Waals surface area contributed by atoms with Gasteiger partial charge in [-0.3, -0.25) is 37.0 Å². The van der Waals surface area contributed by atoms with Gasteiger partial charge in [-0.2, -0.15) is 0 Å². The number of rotatable bonds is 8. The van der Waals surface area contributed by atoms with E-state index in [0.717, 1.165) is 17.1 Å². The zero-order chi connectivity index (χ0) is 45.6. The number of hydrogen-bond acceptors (Lipinski definition) is 18. The fourth-order valence-corrected chi connectivity index (χ4v) is 11.5. The summed E-state index contributed by atoms with van der Waals surface area (Å²) >= 11 is 0.571. The van der Waals surface area contributed by atoms with Gasteiger partial charge in [0.25, 0.3) is 5.56 Å². The van der Waals surface area contributed by atoms with Crippen LogP contribution >= 0.6 is 26.0 Å². The lowest BCUT2D eigenvalue weighted by molar-refractivity contribution is -0.0650. The number of nitrogens with zero attached hydrogens (tertiary/aromatic N) is 5. The van der Waals surface area contributed by atoms with Gasteiger partial charge < -0.3 is 29.9 Å². The zero-order valence-electron chi connectivity index (χ0n) is 33.1. The second-order valence-corrected chi connectivity index (χ2v) is 20.1. The number of ether oxygens (including phenoxy) is 3. The number of benzene rings is 3. The topological polar surface area (TPSA) is 281 Å². The number of anilines is 1. The lowest BCUT2D eigenvalue weighted by Gasteiger charge is -2.27. The number of H-pyrrole nitrogens is 1. The fourth-order valence-electron chi connectivity index (χ4n) is 7.22. The van der Waals surface area contributed by atoms with Gasteiger partial charge in [-0.05, 0) is 58.9 Å². The molecule has 65 heavy (non-hydrogen) atoms. The average Bonchev–Trinajstić information content (AvgIpc) is 3.95. The molecule has 26 heteroatoms. The van der Waals surface area contributed by atoms with Gasteiger partial charge in [0, 0.05) is 11.9 Å². The number of alkyl halides is 2. The number of fused-ring (bicyclic) bond motifs is 5. The number of aromatic amines is 1. The van der Waals surface area contributed by atoms with Gasteiger partial charge in [-0.15, -0.1) is 0 Å². The smallest absolute Gasteiger partial charge is 0.472 e. The highest BCUT2D eigenvalue weighted by Gasteiger charge is 2.55. The lowest BCUT2D eigenvalue weighted by atomic mass is 10.1. The largest absolute Gasteiger partial charge is 0.508 e. The van der Waals surface area contributed by atoms with E-state index in [1.807, 2.05) is 0 Å². The van der Waals surface area contributed by atoms with Crippen LogP contribution in [0, 0.1) is 0 Å². The lowest BCUT2D eigenvalue weighted by Crippen LogP contribution is -2.38. The van der Waals surface area contributed by atoms with Crippen LogP contribution in [0.4, 0.5) is 14.6 Å². The number of esters is 1. The number of imidazole rings is 1. The quantitative estimate of drug-likeness (QED) is 0.0889. The van der Waals surface area contributed by atoms with E-state index < -0.39 is 94.3 Å². The number of hydrogen-bond donors (Lipinski definition) is 4. The van der Waals surface area contributed by atoms with Crippen molar-refractivity contribution in [1.82, 2.24) is 29.1 Å². The molecule has 0 amide bonds. The van der Waals surface area contributed by atoms with Gasteiger partial charge in [-0.25, -0.2) is 42.5 Å². The van der Waals surface area contributed by atoms with Crippen LogP contribution in [-0.4, -0.2) is 95.0 Å². The average molecular weight is 958 g/mol. The van der Waals surface area contributed by atoms with Crippen LogP contribution in [0.2, 0.25) is 0 Å². The van der Waals surface area contributed by atoms with Crippen LogP contribution in [0.15, 0.2) is 107 Å². The molecule has 9 rings (SSSR count). The van der Waals surface area contributed by atoms with Crippen molar-refractivity contribution < 1.29 is 65.0 Å². The van der Waals surface area contributed by atoms with Crippen LogP contribution in [-0.2, 0) is 42.5 Å². The number of phenolic OH excluding ortho intramolecular Hbond substituents is 1. The number of carbonyl (C=O) groups excluding carboxylic acids is 1. The molecule has 340 valence electrons. The number of phosphoric acid groups is 1. The standard InChI is InChI=1S/C39H35F2N7O14P2S/c40-28-27-16-57-64(55,65-17-20-6-12-24(13-7-20)58-38(51)22-8-10-23(49)11-9-22)62-32-29(41)26(60-37(32)48-19-45-30-33(42)43-18-44-34(30)48)15-56-63(53,54)61-31(28)36(59-27)47-14-25(35(50)46-39(47)52)21-4-2-1-3-5-21/h1-14,18-19,26-29,31-32,36-37,49H,15-17H2,(H,53,54)(H2,42,43,44)(H,46,50,52)/t26-,27-,28-,29-,31-,32-,36-,37-,64-/m1/s1. The number of aromatic hydroxyl groups is 1. The summed E-state index contributed by atoms with van der Waals surface area (Å²) in [6, 6.07) is 19.5. The van der Waals surface area contributed by atoms with Gasteiger partial charge in [-0.1, -0.05) is 42.5 Å². The monoisotopic (exact) mass is 957 g/mol. The molecule has 21 nitrogen and oxygen atoms in total. The minimum atomic E-state index is -5.37. The molecule has 10 atom stereocenters. The Bertz CT molecular complexity index is 2950. The fraction of sp³-hybridized carbons (Fsp3) is 0.282. The molecule has 3 aliphatic rings. The highest BCUT2D eigenvalue weighted by Crippen LogP contribution is 2.65. The number of nitrogens with one attached hydrogen (secondary N) is 1. The molecule has 3 aliphatic heterocycles. The van der Waals surface area contributed by atoms with Crippen LogP contribution in [0.3, 0.4) is 0 Å². The first kappa shape index (κ1) is 44.5. The minimum absolute atomic E-state index is 0.0297. The van der Waals surface area contributed by atoms with Gasteiger partial charge in [0.1, 0.15) is 47.8 Å². The van der Waals surface area contributed by atoms with Crippen molar-refractivity contribution in [3.8, 4) is 22.6 Å². The highest BCUT2D eigenvalue weighted by molar-refractivity contribution is 8.54. The molecule has 5 N–H and O–H groups in total. The molecule has 3 fully saturated rings. The summed E-state index contributed by atoms with van der Waals surface area (Å²) in [7, 11) is -5.37. The molecule has 3 aromatic heterocycles. The molecule has 3 aromatic carbocycles. The van der Waals surface area contributed by atoms with E-state index in [-0.39, 0.29) is 45.4 Å². The van der Waals surface area contributed by atoms with Crippen molar-refractivity contribution in [3.05, 3.63) is 130 Å². The van der Waals surface area contributed by atoms with Crippen LogP contribution in [0.5, 0.6) is 11.5 Å². The number of phosphoric ester groups is 1. The van der Waals surface area contributed by atoms with Crippen molar-refractivity contribution >= 4 is 49.0 Å². The van der Waals surface area contributed by atoms with Gasteiger partial charge in [0.05, 0.1) is 30.7 Å². The van der Waals surface area contributed by atoms with E-state index in [9.17, 15) is 28.9 Å². The maximum atomic E-state index is 16.7. The Labute approximate surface area is 368 Å². The number of aromatic nitrogens is 6. The molecule has 0 saturated carbocycles. The summed E-state index contributed by atoms with van der Waals surface area (Å²) in [5, 5.41) is 9.54. The van der Waals surface area contributed by atoms with E-state index >= 15 is 13.3 Å². The third-order valence-corrected chi connectivity index (χ3v) is 15.1. The number of carbonyl (C=O) groups is 1. The summed E-state index contributed by atoms with van der Waals surface area (Å²) in [6.45, 7) is -6.65. The Kier molecular flexibility index (Phi) is 12.3. The predicted octanol–water partition coefficient (Wildman–Crippen LogP) is 4.98. The van der Waals surface area contributed by atoms with E-state index in [1.54, 1.807) is 42.5 Å². The zero-order valence-corrected chi connectivity index (χ0v) is 35.7. The Balaban J connectivity index is 1.03. The summed E-state index contributed by atoms with van der Waals surface area (Å²) in [4.78, 5) is 64.1. The number of phenols is 1. The van der Waals surface area contributed by atoms with Crippen molar-refractivity contribution in [3.63, 3.8) is 0 Å². The van der Waals surface area contributed by atoms with Crippen LogP contribution < -0.4 is 21.7 Å². The molecule has 4 bridgehead atoms. The van der Waals surface area contributed by atoms with Gasteiger partial charge in [0.15, 0.2) is 36.3 Å². The molecule has 1 unspecified atom stereocenters. The Morgan fingerprint density at radius 1 is 0.877 bits per heavy atom. The maximum absolute atomic E-state index is 16.7. The van der Waals surface area contributed by atoms with Crippen molar-refractivity contribution in [2.45, 2.75) is 55.0 Å². The van der Waals surface area contributed by atoms with E-state index in [1.165, 1.54) is 47.3 Å². The second-order valence-electron chi connectivity index (χ2n) is 14.7. The maximum Gasteiger partial charge on any atom is 0.472 e. The van der Waals surface area contributed by atoms with Crippen molar-refractivity contribution in [2.24, 2.45) is 0 Å². The van der Waals surface area contributed by atoms with Crippen LogP contribution in [0.1, 0.15) is 28.4 Å². The number of halogens is 2. The summed E-state index contributed by atoms with van der Waals surface area (Å²) in [5.74, 6) is -0.766. The Morgan fingerprint density at radius 3 is 2.25 bits per heavy atom. The first-order valence-corrected chi connectivity index (χ1v) is 24.0. The summed E-state index contributed by atoms with van der Waals surface area (Å²) in [6.07, 6.45) is -12.2. The van der Waals surface area contributed by atoms with Gasteiger partial charge >= 0.3 is 26.3 Å². The van der Waals surface area contributed by atoms with Crippen LogP contribution in [0.25, 0.3) is 22.3 Å². The predicted molar refractivity (Wildman–Crippen MR) is 224 cm³/mol. The Morgan fingerprint density at radius 2 is 1.54 bits per heavy atom. The van der Waals surface area contributed by atoms with Crippen molar-refractivity contribution in [1.29, 1.82) is 0 Å². The minimum Gasteiger partial charge on any atom is -0.508 e. The highest BCUT2D eigenvalue weighted by atomic mass is 32.7. The van der Waals surface area contributed by atoms with E-state index in [4.69, 9.17) is 38.0 Å². The van der Waals surface area contributed by atoms with E-state index in [2.05, 4.69) is 19.9 Å². The van der Waals surface area contributed by atoms with Gasteiger partial charge in [0.2, 0.25) is 0 Å².